The quantitative estimate of drug-likeness (QED) is 0.538. The van der Waals surface area contributed by atoms with Gasteiger partial charge in [0.15, 0.2) is 6.67 Å². The zero-order chi connectivity index (χ0) is 17.2. The van der Waals surface area contributed by atoms with E-state index in [-0.39, 0.29) is 23.7 Å². The molecule has 132 valence electrons. The molecule has 1 aliphatic carbocycles. The molecular formula is C20H27N3O2+2. The molecule has 2 N–H and O–H groups in total. The topological polar surface area (TPSA) is 46.3 Å². The monoisotopic (exact) mass is 341 g/mol. The van der Waals surface area contributed by atoms with Gasteiger partial charge in [-0.05, 0) is 12.8 Å². The zero-order valence-electron chi connectivity index (χ0n) is 14.6. The molecule has 5 nitrogen and oxygen atoms in total. The number of nitrogens with zero attached hydrogens (tertiary/aromatic N) is 1. The summed E-state index contributed by atoms with van der Waals surface area (Å²) in [6.07, 6.45) is 5.56. The summed E-state index contributed by atoms with van der Waals surface area (Å²) < 4.78 is 0. The molecule has 0 spiro atoms. The van der Waals surface area contributed by atoms with Gasteiger partial charge >= 0.3 is 0 Å². The number of rotatable bonds is 4. The third kappa shape index (κ3) is 3.39. The maximum atomic E-state index is 12.6. The van der Waals surface area contributed by atoms with Crippen molar-refractivity contribution in [1.29, 1.82) is 0 Å². The summed E-state index contributed by atoms with van der Waals surface area (Å²) in [5.41, 5.74) is 1.38. The third-order valence-electron chi connectivity index (χ3n) is 5.94. The SMILES string of the molecule is O=C1[C@H]2CC=CC[C@H]2C(=O)N1C[NH+]1CC[NH+](Cc2ccccc2)CC1. The van der Waals surface area contributed by atoms with Crippen LogP contribution in [0.4, 0.5) is 0 Å². The fourth-order valence-electron chi connectivity index (χ4n) is 4.42. The Balaban J connectivity index is 1.30. The molecule has 0 aromatic heterocycles. The van der Waals surface area contributed by atoms with E-state index in [1.165, 1.54) is 10.5 Å². The Labute approximate surface area is 148 Å². The highest BCUT2D eigenvalue weighted by molar-refractivity contribution is 6.05. The summed E-state index contributed by atoms with van der Waals surface area (Å²) in [4.78, 5) is 29.7. The normalized spacial score (nSPS) is 32.1. The Bertz CT molecular complexity index is 639. The lowest BCUT2D eigenvalue weighted by Gasteiger charge is -2.31. The van der Waals surface area contributed by atoms with Crippen LogP contribution >= 0.6 is 0 Å². The number of carbonyl (C=O) groups excluding carboxylic acids is 2. The Kier molecular flexibility index (Phi) is 4.68. The molecule has 25 heavy (non-hydrogen) atoms. The molecule has 2 atom stereocenters. The molecule has 1 aromatic rings. The molecule has 2 amide bonds. The fraction of sp³-hybridized carbons (Fsp3) is 0.500. The number of nitrogens with one attached hydrogen (secondary N) is 2. The van der Waals surface area contributed by atoms with Crippen molar-refractivity contribution in [3.05, 3.63) is 48.0 Å². The van der Waals surface area contributed by atoms with Crippen molar-refractivity contribution in [2.24, 2.45) is 11.8 Å². The minimum Gasteiger partial charge on any atom is -0.322 e. The predicted molar refractivity (Wildman–Crippen MR) is 93.6 cm³/mol. The van der Waals surface area contributed by atoms with Crippen LogP contribution in [0.25, 0.3) is 0 Å². The van der Waals surface area contributed by atoms with E-state index < -0.39 is 0 Å². The average Bonchev–Trinajstić information content (AvgIpc) is 2.89. The molecule has 0 unspecified atom stereocenters. The second-order valence-electron chi connectivity index (χ2n) is 7.58. The van der Waals surface area contributed by atoms with Crippen molar-refractivity contribution < 1.29 is 19.4 Å². The van der Waals surface area contributed by atoms with E-state index in [9.17, 15) is 9.59 Å². The molecule has 2 fully saturated rings. The molecule has 4 rings (SSSR count). The average molecular weight is 341 g/mol. The van der Waals surface area contributed by atoms with Crippen molar-refractivity contribution in [3.8, 4) is 0 Å². The van der Waals surface area contributed by atoms with Crippen LogP contribution in [0.15, 0.2) is 42.5 Å². The first kappa shape index (κ1) is 16.5. The first-order valence-electron chi connectivity index (χ1n) is 9.43. The summed E-state index contributed by atoms with van der Waals surface area (Å²) in [5, 5.41) is 0. The highest BCUT2D eigenvalue weighted by Crippen LogP contribution is 2.34. The lowest BCUT2D eigenvalue weighted by Crippen LogP contribution is -3.28. The van der Waals surface area contributed by atoms with Crippen LogP contribution in [0.2, 0.25) is 0 Å². The van der Waals surface area contributed by atoms with Gasteiger partial charge in [0.25, 0.3) is 0 Å². The molecule has 3 aliphatic rings. The number of benzene rings is 1. The van der Waals surface area contributed by atoms with Crippen molar-refractivity contribution in [3.63, 3.8) is 0 Å². The van der Waals surface area contributed by atoms with Gasteiger partial charge in [-0.3, -0.25) is 9.59 Å². The first-order valence-corrected chi connectivity index (χ1v) is 9.43. The Morgan fingerprint density at radius 3 is 2.00 bits per heavy atom. The van der Waals surface area contributed by atoms with Gasteiger partial charge < -0.3 is 9.80 Å². The van der Waals surface area contributed by atoms with E-state index in [0.717, 1.165) is 45.6 Å². The molecular weight excluding hydrogens is 314 g/mol. The van der Waals surface area contributed by atoms with Crippen LogP contribution in [0, 0.1) is 11.8 Å². The van der Waals surface area contributed by atoms with Crippen LogP contribution < -0.4 is 9.80 Å². The van der Waals surface area contributed by atoms with Crippen LogP contribution in [-0.2, 0) is 16.1 Å². The number of amides is 2. The number of carbonyl (C=O) groups is 2. The van der Waals surface area contributed by atoms with Gasteiger partial charge in [0.1, 0.15) is 32.7 Å². The Hall–Kier alpha value is -1.98. The second-order valence-corrected chi connectivity index (χ2v) is 7.58. The van der Waals surface area contributed by atoms with E-state index in [1.807, 2.05) is 0 Å². The molecule has 2 heterocycles. The van der Waals surface area contributed by atoms with Gasteiger partial charge in [0.2, 0.25) is 11.8 Å². The van der Waals surface area contributed by atoms with Gasteiger partial charge in [0, 0.05) is 5.56 Å². The zero-order valence-corrected chi connectivity index (χ0v) is 14.6. The third-order valence-corrected chi connectivity index (χ3v) is 5.94. The number of likely N-dealkylation sites (tertiary alicyclic amines) is 1. The summed E-state index contributed by atoms with van der Waals surface area (Å²) in [6.45, 7) is 5.85. The molecule has 5 heteroatoms. The number of allylic oxidation sites excluding steroid dienone is 2. The van der Waals surface area contributed by atoms with E-state index in [4.69, 9.17) is 0 Å². The van der Waals surface area contributed by atoms with Crippen molar-refractivity contribution in [2.45, 2.75) is 19.4 Å². The molecule has 0 saturated carbocycles. The van der Waals surface area contributed by atoms with Crippen molar-refractivity contribution >= 4 is 11.8 Å². The van der Waals surface area contributed by atoms with Gasteiger partial charge in [-0.1, -0.05) is 42.5 Å². The predicted octanol–water partition coefficient (Wildman–Crippen LogP) is -1.12. The van der Waals surface area contributed by atoms with Crippen LogP contribution in [0.3, 0.4) is 0 Å². The van der Waals surface area contributed by atoms with E-state index in [2.05, 4.69) is 42.5 Å². The molecule has 1 aromatic carbocycles. The largest absolute Gasteiger partial charge is 0.322 e. The highest BCUT2D eigenvalue weighted by Gasteiger charge is 2.48. The minimum atomic E-state index is -0.0955. The molecule has 0 radical (unpaired) electrons. The smallest absolute Gasteiger partial charge is 0.237 e. The fourth-order valence-corrected chi connectivity index (χ4v) is 4.42. The second kappa shape index (κ2) is 7.10. The summed E-state index contributed by atoms with van der Waals surface area (Å²) >= 11 is 0. The maximum Gasteiger partial charge on any atom is 0.237 e. The minimum absolute atomic E-state index is 0.0610. The van der Waals surface area contributed by atoms with E-state index >= 15 is 0 Å². The highest BCUT2D eigenvalue weighted by atomic mass is 16.2. The lowest BCUT2D eigenvalue weighted by atomic mass is 9.85. The molecule has 0 bridgehead atoms. The van der Waals surface area contributed by atoms with Gasteiger partial charge in [-0.2, -0.15) is 0 Å². The van der Waals surface area contributed by atoms with E-state index in [1.54, 1.807) is 9.80 Å². The van der Waals surface area contributed by atoms with Crippen molar-refractivity contribution in [2.75, 3.05) is 32.8 Å². The van der Waals surface area contributed by atoms with Crippen LogP contribution in [0.1, 0.15) is 18.4 Å². The van der Waals surface area contributed by atoms with Gasteiger partial charge in [-0.25, -0.2) is 4.90 Å². The number of hydrogen-bond acceptors (Lipinski definition) is 2. The number of piperazine rings is 1. The molecule has 2 aliphatic heterocycles. The standard InChI is InChI=1S/C20H25N3O2/c24-19-17-8-4-5-9-18(17)20(25)23(19)15-22-12-10-21(11-13-22)14-16-6-2-1-3-7-16/h1-7,17-18H,8-15H2/p+2/t17-,18+. The van der Waals surface area contributed by atoms with Crippen LogP contribution in [-0.4, -0.2) is 49.6 Å². The van der Waals surface area contributed by atoms with Crippen LogP contribution in [0.5, 0.6) is 0 Å². The van der Waals surface area contributed by atoms with E-state index in [0.29, 0.717) is 6.67 Å². The summed E-state index contributed by atoms with van der Waals surface area (Å²) in [5.74, 6) is -0.0689. The van der Waals surface area contributed by atoms with Crippen molar-refractivity contribution in [1.82, 2.24) is 4.90 Å². The lowest BCUT2D eigenvalue weighted by molar-refractivity contribution is -1.02. The number of hydrogen-bond donors (Lipinski definition) is 2. The summed E-state index contributed by atoms with van der Waals surface area (Å²) in [7, 11) is 0. The van der Waals surface area contributed by atoms with Gasteiger partial charge in [-0.15, -0.1) is 0 Å². The number of fused-ring (bicyclic) bond motifs is 1. The number of quaternary nitrogens is 2. The maximum absolute atomic E-state index is 12.6. The summed E-state index contributed by atoms with van der Waals surface area (Å²) in [6, 6.07) is 10.6. The first-order chi connectivity index (χ1) is 12.2. The Morgan fingerprint density at radius 2 is 1.40 bits per heavy atom. The Morgan fingerprint density at radius 1 is 0.840 bits per heavy atom. The van der Waals surface area contributed by atoms with Gasteiger partial charge in [0.05, 0.1) is 11.8 Å². The molecule has 2 saturated heterocycles. The number of imide groups is 1.